The van der Waals surface area contributed by atoms with E-state index in [0.29, 0.717) is 19.4 Å². The van der Waals surface area contributed by atoms with Gasteiger partial charge in [0.05, 0.1) is 25.4 Å². The van der Waals surface area contributed by atoms with Crippen molar-refractivity contribution in [1.82, 2.24) is 5.32 Å². The van der Waals surface area contributed by atoms with Crippen molar-refractivity contribution in [3.05, 3.63) is 36.5 Å². The van der Waals surface area contributed by atoms with Gasteiger partial charge in [0.15, 0.2) is 0 Å². The van der Waals surface area contributed by atoms with Crippen LogP contribution < -0.4 is 5.32 Å². The maximum Gasteiger partial charge on any atom is 0.305 e. The molecular weight excluding hydrogens is 911 g/mol. The fourth-order valence-corrected chi connectivity index (χ4v) is 10.3. The van der Waals surface area contributed by atoms with Crippen LogP contribution in [-0.2, 0) is 14.3 Å². The fraction of sp³-hybridized carbons (Fsp3) is 0.882. The summed E-state index contributed by atoms with van der Waals surface area (Å²) in [7, 11) is 0. The van der Waals surface area contributed by atoms with Gasteiger partial charge in [-0.05, 0) is 64.2 Å². The van der Waals surface area contributed by atoms with Gasteiger partial charge in [-0.15, -0.1) is 0 Å². The molecule has 6 heteroatoms. The number of carbonyl (C=O) groups is 2. The average Bonchev–Trinajstić information content (AvgIpc) is 3.40. The highest BCUT2D eigenvalue weighted by Gasteiger charge is 2.18. The van der Waals surface area contributed by atoms with Crippen molar-refractivity contribution < 1.29 is 24.5 Å². The van der Waals surface area contributed by atoms with Crippen molar-refractivity contribution in [3.8, 4) is 0 Å². The van der Waals surface area contributed by atoms with Gasteiger partial charge in [-0.25, -0.2) is 0 Å². The molecule has 436 valence electrons. The molecule has 0 heterocycles. The minimum absolute atomic E-state index is 0.00227. The number of esters is 1. The summed E-state index contributed by atoms with van der Waals surface area (Å²) in [5.74, 6) is -0.0726. The number of aliphatic hydroxyl groups excluding tert-OH is 2. The van der Waals surface area contributed by atoms with E-state index >= 15 is 0 Å². The maximum atomic E-state index is 12.5. The number of rotatable bonds is 62. The van der Waals surface area contributed by atoms with E-state index < -0.39 is 12.1 Å². The topological polar surface area (TPSA) is 95.9 Å². The Morgan fingerprint density at radius 1 is 0.378 bits per heavy atom. The molecule has 6 nitrogen and oxygen atoms in total. The summed E-state index contributed by atoms with van der Waals surface area (Å²) in [5.41, 5.74) is 0. The molecule has 0 radical (unpaired) electrons. The summed E-state index contributed by atoms with van der Waals surface area (Å²) in [5, 5.41) is 23.2. The van der Waals surface area contributed by atoms with Crippen LogP contribution in [0.2, 0.25) is 0 Å². The molecule has 0 aromatic rings. The van der Waals surface area contributed by atoms with E-state index in [1.807, 2.05) is 6.08 Å². The molecule has 0 rings (SSSR count). The zero-order valence-electron chi connectivity index (χ0n) is 49.8. The van der Waals surface area contributed by atoms with Crippen molar-refractivity contribution >= 4 is 11.9 Å². The summed E-state index contributed by atoms with van der Waals surface area (Å²) >= 11 is 0. The first kappa shape index (κ1) is 72.1. The minimum atomic E-state index is -0.850. The first-order valence-electron chi connectivity index (χ1n) is 33.3. The molecule has 0 saturated heterocycles. The number of hydrogen-bond donors (Lipinski definition) is 3. The lowest BCUT2D eigenvalue weighted by Gasteiger charge is -2.20. The number of aliphatic hydroxyl groups is 2. The Labute approximate surface area is 462 Å². The summed E-state index contributed by atoms with van der Waals surface area (Å²) in [6.45, 7) is 4.90. The minimum Gasteiger partial charge on any atom is -0.466 e. The summed E-state index contributed by atoms with van der Waals surface area (Å²) in [6, 6.07) is -0.634. The zero-order chi connectivity index (χ0) is 53.6. The molecule has 0 aliphatic rings. The van der Waals surface area contributed by atoms with E-state index in [0.717, 1.165) is 51.4 Å². The van der Waals surface area contributed by atoms with Gasteiger partial charge in [0, 0.05) is 12.8 Å². The molecule has 3 N–H and O–H groups in total. The highest BCUT2D eigenvalue weighted by molar-refractivity contribution is 5.76. The van der Waals surface area contributed by atoms with Crippen LogP contribution in [0.3, 0.4) is 0 Å². The van der Waals surface area contributed by atoms with Crippen LogP contribution in [-0.4, -0.2) is 47.4 Å². The molecule has 74 heavy (non-hydrogen) atoms. The van der Waals surface area contributed by atoms with Gasteiger partial charge in [-0.1, -0.05) is 320 Å². The molecule has 0 aromatic heterocycles. The number of ether oxygens (including phenoxy) is 1. The third-order valence-electron chi connectivity index (χ3n) is 15.4. The Morgan fingerprint density at radius 3 is 1.04 bits per heavy atom. The molecule has 0 aliphatic heterocycles. The van der Waals surface area contributed by atoms with E-state index in [1.54, 1.807) is 6.08 Å². The van der Waals surface area contributed by atoms with E-state index in [2.05, 4.69) is 43.5 Å². The van der Waals surface area contributed by atoms with E-state index in [4.69, 9.17) is 4.74 Å². The van der Waals surface area contributed by atoms with Crippen LogP contribution in [0, 0.1) is 0 Å². The molecule has 2 atom stereocenters. The van der Waals surface area contributed by atoms with Crippen LogP contribution >= 0.6 is 0 Å². The van der Waals surface area contributed by atoms with Gasteiger partial charge < -0.3 is 20.3 Å². The predicted octanol–water partition coefficient (Wildman–Crippen LogP) is 21.1. The van der Waals surface area contributed by atoms with Crippen molar-refractivity contribution in [1.29, 1.82) is 0 Å². The van der Waals surface area contributed by atoms with Crippen LogP contribution in [0.25, 0.3) is 0 Å². The maximum absolute atomic E-state index is 12.5. The standard InChI is InChI=1S/C68H129NO5/c1-3-5-7-9-11-13-15-17-19-21-23-24-25-26-28-32-36-40-44-48-52-56-60-66(71)65(64-70)69-67(72)61-57-53-49-45-41-37-33-29-27-31-35-39-43-47-51-55-59-63-74-68(73)62-58-54-50-46-42-38-34-30-22-20-18-16-14-12-10-8-6-4-2/h14,16,20,22,56,60,65-66,70-71H,3-13,15,17-19,21,23-55,57-59,61-64H2,1-2H3,(H,69,72)/b16-14-,22-20-,60-56+. The average molecular weight is 1040 g/mol. The number of allylic oxidation sites excluding steroid dienone is 5. The Morgan fingerprint density at radius 2 is 0.676 bits per heavy atom. The number of nitrogens with one attached hydrogen (secondary N) is 1. The van der Waals surface area contributed by atoms with E-state index in [9.17, 15) is 19.8 Å². The third-order valence-corrected chi connectivity index (χ3v) is 15.4. The lowest BCUT2D eigenvalue weighted by molar-refractivity contribution is -0.143. The summed E-state index contributed by atoms with van der Waals surface area (Å²) in [6.07, 6.45) is 80.5. The second-order valence-corrected chi connectivity index (χ2v) is 22.8. The van der Waals surface area contributed by atoms with Gasteiger partial charge >= 0.3 is 5.97 Å². The Kier molecular flexibility index (Phi) is 62.0. The lowest BCUT2D eigenvalue weighted by atomic mass is 10.0. The van der Waals surface area contributed by atoms with Crippen LogP contribution in [0.4, 0.5) is 0 Å². The number of amides is 1. The largest absolute Gasteiger partial charge is 0.466 e. The second kappa shape index (κ2) is 63.6. The summed E-state index contributed by atoms with van der Waals surface area (Å²) < 4.78 is 5.49. The number of carbonyl (C=O) groups excluding carboxylic acids is 2. The second-order valence-electron chi connectivity index (χ2n) is 22.8. The smallest absolute Gasteiger partial charge is 0.305 e. The van der Waals surface area contributed by atoms with Crippen LogP contribution in [0.15, 0.2) is 36.5 Å². The normalized spacial score (nSPS) is 12.8. The first-order valence-corrected chi connectivity index (χ1v) is 33.3. The molecule has 2 unspecified atom stereocenters. The van der Waals surface area contributed by atoms with Crippen LogP contribution in [0.5, 0.6) is 0 Å². The fourth-order valence-electron chi connectivity index (χ4n) is 10.3. The van der Waals surface area contributed by atoms with Gasteiger partial charge in [0.1, 0.15) is 0 Å². The Bertz CT molecular complexity index is 1200. The monoisotopic (exact) mass is 1040 g/mol. The van der Waals surface area contributed by atoms with Crippen molar-refractivity contribution in [2.75, 3.05) is 13.2 Å². The molecule has 0 fully saturated rings. The predicted molar refractivity (Wildman–Crippen MR) is 324 cm³/mol. The van der Waals surface area contributed by atoms with Crippen molar-refractivity contribution in [3.63, 3.8) is 0 Å². The van der Waals surface area contributed by atoms with Gasteiger partial charge in [0.2, 0.25) is 5.91 Å². The van der Waals surface area contributed by atoms with Crippen LogP contribution in [0.1, 0.15) is 361 Å². The first-order chi connectivity index (χ1) is 36.5. The zero-order valence-corrected chi connectivity index (χ0v) is 49.8. The van der Waals surface area contributed by atoms with Crippen molar-refractivity contribution in [2.45, 2.75) is 373 Å². The molecule has 0 aromatic carbocycles. The van der Waals surface area contributed by atoms with Crippen molar-refractivity contribution in [2.24, 2.45) is 0 Å². The van der Waals surface area contributed by atoms with Gasteiger partial charge in [-0.2, -0.15) is 0 Å². The molecule has 0 spiro atoms. The number of unbranched alkanes of at least 4 members (excludes halogenated alkanes) is 47. The highest BCUT2D eigenvalue weighted by Crippen LogP contribution is 2.18. The summed E-state index contributed by atoms with van der Waals surface area (Å²) in [4.78, 5) is 24.6. The number of hydrogen-bond acceptors (Lipinski definition) is 5. The van der Waals surface area contributed by atoms with E-state index in [-0.39, 0.29) is 18.5 Å². The van der Waals surface area contributed by atoms with Gasteiger partial charge in [0.25, 0.3) is 0 Å². The SMILES string of the molecule is CCCCCC/C=C\C/C=C\CCCCCCCCCC(=O)OCCCCCCCCCCCCCCCCCCCC(=O)NC(CO)C(O)/C=C/CCCCCCCCCCCCCCCCCCCCCC. The Balaban J connectivity index is 3.44. The Hall–Kier alpha value is -1.92. The molecule has 0 saturated carbocycles. The lowest BCUT2D eigenvalue weighted by Crippen LogP contribution is -2.45. The molecular formula is C68H129NO5. The van der Waals surface area contributed by atoms with Gasteiger partial charge in [-0.3, -0.25) is 9.59 Å². The highest BCUT2D eigenvalue weighted by atomic mass is 16.5. The molecule has 1 amide bonds. The quantitative estimate of drug-likeness (QED) is 0.0320. The third kappa shape index (κ3) is 59.3. The van der Waals surface area contributed by atoms with E-state index in [1.165, 1.54) is 283 Å². The molecule has 0 bridgehead atoms. The molecule has 0 aliphatic carbocycles.